The van der Waals surface area contributed by atoms with E-state index in [-0.39, 0.29) is 10.8 Å². The molecule has 0 aliphatic carbocycles. The van der Waals surface area contributed by atoms with Gasteiger partial charge in [0.1, 0.15) is 0 Å². The topological polar surface area (TPSA) is 75.3 Å². The molecular weight excluding hydrogens is 252 g/mol. The van der Waals surface area contributed by atoms with Gasteiger partial charge in [-0.1, -0.05) is 6.07 Å². The summed E-state index contributed by atoms with van der Waals surface area (Å²) in [7, 11) is -1.58. The monoisotopic (exact) mass is 270 g/mol. The summed E-state index contributed by atoms with van der Waals surface area (Å²) in [5, 5.41) is 5.56. The van der Waals surface area contributed by atoms with Crippen LogP contribution < -0.4 is 10.6 Å². The first kappa shape index (κ1) is 14.7. The van der Waals surface area contributed by atoms with E-state index in [1.807, 2.05) is 0 Å². The molecule has 0 unspecified atom stereocenters. The molecule has 2 N–H and O–H groups in total. The van der Waals surface area contributed by atoms with Gasteiger partial charge in [-0.2, -0.15) is 0 Å². The van der Waals surface area contributed by atoms with Crippen molar-refractivity contribution in [1.29, 1.82) is 0 Å². The van der Waals surface area contributed by atoms with E-state index in [0.29, 0.717) is 5.69 Å². The standard InChI is InChI=1S/C12H18N2O3S/c1-12(2,13-3)11(15)14-9-6-5-7-10(8-9)18(4,16)17/h5-8,13H,1-4H3,(H,14,15). The molecule has 1 aromatic rings. The molecule has 0 saturated carbocycles. The zero-order chi connectivity index (χ0) is 14.0. The van der Waals surface area contributed by atoms with Crippen LogP contribution >= 0.6 is 0 Å². The lowest BCUT2D eigenvalue weighted by Crippen LogP contribution is -2.47. The predicted octanol–water partition coefficient (Wildman–Crippen LogP) is 1.03. The summed E-state index contributed by atoms with van der Waals surface area (Å²) < 4.78 is 22.8. The number of hydrogen-bond donors (Lipinski definition) is 2. The van der Waals surface area contributed by atoms with Crippen LogP contribution in [0.5, 0.6) is 0 Å². The Hall–Kier alpha value is -1.40. The Labute approximate surface area is 108 Å². The van der Waals surface area contributed by atoms with Gasteiger partial charge in [0.25, 0.3) is 0 Å². The van der Waals surface area contributed by atoms with Gasteiger partial charge in [0.2, 0.25) is 5.91 Å². The molecule has 0 bridgehead atoms. The maximum atomic E-state index is 11.9. The number of nitrogens with one attached hydrogen (secondary N) is 2. The summed E-state index contributed by atoms with van der Waals surface area (Å²) in [6, 6.07) is 6.18. The molecule has 0 radical (unpaired) electrons. The van der Waals surface area contributed by atoms with Crippen LogP contribution in [0.4, 0.5) is 5.69 Å². The first-order valence-corrected chi connectivity index (χ1v) is 7.36. The van der Waals surface area contributed by atoms with E-state index < -0.39 is 15.4 Å². The average molecular weight is 270 g/mol. The summed E-state index contributed by atoms with van der Waals surface area (Å²) in [5.74, 6) is -0.226. The molecule has 6 heteroatoms. The van der Waals surface area contributed by atoms with Crippen LogP contribution in [0.2, 0.25) is 0 Å². The van der Waals surface area contributed by atoms with Gasteiger partial charge < -0.3 is 10.6 Å². The molecule has 5 nitrogen and oxygen atoms in total. The minimum atomic E-state index is -3.27. The summed E-state index contributed by atoms with van der Waals surface area (Å²) in [6.45, 7) is 3.48. The fourth-order valence-corrected chi connectivity index (χ4v) is 1.87. The maximum Gasteiger partial charge on any atom is 0.244 e. The lowest BCUT2D eigenvalue weighted by molar-refractivity contribution is -0.121. The number of hydrogen-bond acceptors (Lipinski definition) is 4. The van der Waals surface area contributed by atoms with E-state index in [1.54, 1.807) is 33.0 Å². The number of sulfone groups is 1. The van der Waals surface area contributed by atoms with Crippen molar-refractivity contribution in [2.24, 2.45) is 0 Å². The molecule has 100 valence electrons. The molecule has 1 aromatic carbocycles. The first-order valence-electron chi connectivity index (χ1n) is 5.47. The highest BCUT2D eigenvalue weighted by molar-refractivity contribution is 7.90. The largest absolute Gasteiger partial charge is 0.324 e. The molecule has 0 aliphatic rings. The van der Waals surface area contributed by atoms with Crippen molar-refractivity contribution in [2.45, 2.75) is 24.3 Å². The highest BCUT2D eigenvalue weighted by atomic mass is 32.2. The lowest BCUT2D eigenvalue weighted by Gasteiger charge is -2.22. The number of rotatable bonds is 4. The van der Waals surface area contributed by atoms with E-state index in [0.717, 1.165) is 6.26 Å². The fourth-order valence-electron chi connectivity index (χ4n) is 1.21. The molecule has 0 fully saturated rings. The van der Waals surface area contributed by atoms with E-state index in [2.05, 4.69) is 10.6 Å². The third-order valence-electron chi connectivity index (χ3n) is 2.71. The normalized spacial score (nSPS) is 12.2. The van der Waals surface area contributed by atoms with Crippen LogP contribution in [0.3, 0.4) is 0 Å². The van der Waals surface area contributed by atoms with Gasteiger partial charge in [-0.15, -0.1) is 0 Å². The minimum Gasteiger partial charge on any atom is -0.324 e. The van der Waals surface area contributed by atoms with Crippen molar-refractivity contribution in [3.8, 4) is 0 Å². The number of amides is 1. The highest BCUT2D eigenvalue weighted by Crippen LogP contribution is 2.16. The Kier molecular flexibility index (Phi) is 4.13. The second-order valence-corrected chi connectivity index (χ2v) is 6.64. The molecule has 0 saturated heterocycles. The molecule has 0 spiro atoms. The Morgan fingerprint density at radius 3 is 2.39 bits per heavy atom. The van der Waals surface area contributed by atoms with Crippen LogP contribution in [0.15, 0.2) is 29.2 Å². The molecule has 1 rings (SSSR count). The summed E-state index contributed by atoms with van der Waals surface area (Å²) in [4.78, 5) is 12.1. The number of anilines is 1. The third-order valence-corrected chi connectivity index (χ3v) is 3.82. The van der Waals surface area contributed by atoms with E-state index >= 15 is 0 Å². The number of carbonyl (C=O) groups excluding carboxylic acids is 1. The smallest absolute Gasteiger partial charge is 0.244 e. The molecule has 1 amide bonds. The molecular formula is C12H18N2O3S. The molecule has 18 heavy (non-hydrogen) atoms. The van der Waals surface area contributed by atoms with Gasteiger partial charge in [-0.05, 0) is 39.1 Å². The van der Waals surface area contributed by atoms with E-state index in [9.17, 15) is 13.2 Å². The van der Waals surface area contributed by atoms with E-state index in [4.69, 9.17) is 0 Å². The second-order valence-electron chi connectivity index (χ2n) is 4.63. The Bertz CT molecular complexity index is 550. The van der Waals surface area contributed by atoms with Crippen molar-refractivity contribution < 1.29 is 13.2 Å². The second kappa shape index (κ2) is 5.07. The van der Waals surface area contributed by atoms with Crippen molar-refractivity contribution in [2.75, 3.05) is 18.6 Å². The zero-order valence-electron chi connectivity index (χ0n) is 10.9. The predicted molar refractivity (Wildman–Crippen MR) is 71.3 cm³/mol. The highest BCUT2D eigenvalue weighted by Gasteiger charge is 2.25. The first-order chi connectivity index (χ1) is 8.16. The number of carbonyl (C=O) groups is 1. The zero-order valence-corrected chi connectivity index (χ0v) is 11.8. The minimum absolute atomic E-state index is 0.183. The van der Waals surface area contributed by atoms with Crippen molar-refractivity contribution in [3.05, 3.63) is 24.3 Å². The van der Waals surface area contributed by atoms with Gasteiger partial charge in [0.15, 0.2) is 9.84 Å². The number of benzene rings is 1. The van der Waals surface area contributed by atoms with Gasteiger partial charge in [-0.3, -0.25) is 4.79 Å². The van der Waals surface area contributed by atoms with Crippen LogP contribution in [-0.4, -0.2) is 33.2 Å². The average Bonchev–Trinajstić information content (AvgIpc) is 2.28. The maximum absolute atomic E-state index is 11.9. The summed E-state index contributed by atoms with van der Waals surface area (Å²) in [5.41, 5.74) is -0.257. The quantitative estimate of drug-likeness (QED) is 0.856. The Morgan fingerprint density at radius 1 is 1.28 bits per heavy atom. The van der Waals surface area contributed by atoms with Crippen molar-refractivity contribution >= 4 is 21.4 Å². The van der Waals surface area contributed by atoms with Crippen LogP contribution in [-0.2, 0) is 14.6 Å². The Balaban J connectivity index is 2.97. The Morgan fingerprint density at radius 2 is 1.89 bits per heavy atom. The fraction of sp³-hybridized carbons (Fsp3) is 0.417. The van der Waals surface area contributed by atoms with Crippen LogP contribution in [0.25, 0.3) is 0 Å². The molecule has 0 heterocycles. The lowest BCUT2D eigenvalue weighted by atomic mass is 10.1. The van der Waals surface area contributed by atoms with Crippen molar-refractivity contribution in [1.82, 2.24) is 5.32 Å². The van der Waals surface area contributed by atoms with Crippen LogP contribution in [0, 0.1) is 0 Å². The van der Waals surface area contributed by atoms with Gasteiger partial charge in [0, 0.05) is 11.9 Å². The molecule has 0 aliphatic heterocycles. The van der Waals surface area contributed by atoms with E-state index in [1.165, 1.54) is 12.1 Å². The number of likely N-dealkylation sites (N-methyl/N-ethyl adjacent to an activating group) is 1. The van der Waals surface area contributed by atoms with Crippen molar-refractivity contribution in [3.63, 3.8) is 0 Å². The molecule has 0 atom stereocenters. The van der Waals surface area contributed by atoms with Gasteiger partial charge >= 0.3 is 0 Å². The molecule has 0 aromatic heterocycles. The van der Waals surface area contributed by atoms with Gasteiger partial charge in [0.05, 0.1) is 10.4 Å². The summed E-state index contributed by atoms with van der Waals surface area (Å²) >= 11 is 0. The summed E-state index contributed by atoms with van der Waals surface area (Å²) in [6.07, 6.45) is 1.13. The SMILES string of the molecule is CNC(C)(C)C(=O)Nc1cccc(S(C)(=O)=O)c1. The van der Waals surface area contributed by atoms with Gasteiger partial charge in [-0.25, -0.2) is 8.42 Å². The third kappa shape index (κ3) is 3.54. The van der Waals surface area contributed by atoms with Crippen LogP contribution in [0.1, 0.15) is 13.8 Å².